The molecule has 0 unspecified atom stereocenters. The molecule has 118 valence electrons. The van der Waals surface area contributed by atoms with Crippen molar-refractivity contribution in [3.8, 4) is 11.8 Å². The fourth-order valence-electron chi connectivity index (χ4n) is 2.26. The van der Waals surface area contributed by atoms with Crippen LogP contribution >= 0.6 is 15.9 Å². The minimum atomic E-state index is -0.492. The Labute approximate surface area is 140 Å². The molecule has 2 N–H and O–H groups in total. The van der Waals surface area contributed by atoms with E-state index in [1.165, 1.54) is 0 Å². The van der Waals surface area contributed by atoms with Crippen LogP contribution in [-0.2, 0) is 4.74 Å². The normalized spacial score (nSPS) is 17.8. The molecule has 0 spiro atoms. The van der Waals surface area contributed by atoms with Crippen molar-refractivity contribution in [1.82, 2.24) is 4.90 Å². The van der Waals surface area contributed by atoms with Crippen molar-refractivity contribution in [2.45, 2.75) is 45.3 Å². The van der Waals surface area contributed by atoms with E-state index >= 15 is 0 Å². The van der Waals surface area contributed by atoms with Crippen molar-refractivity contribution < 1.29 is 9.53 Å². The molecule has 1 aliphatic heterocycles. The molecule has 0 radical (unpaired) electrons. The van der Waals surface area contributed by atoms with Crippen LogP contribution in [0.4, 0.5) is 10.5 Å². The van der Waals surface area contributed by atoms with E-state index in [1.54, 1.807) is 4.90 Å². The summed E-state index contributed by atoms with van der Waals surface area (Å²) < 4.78 is 6.35. The summed E-state index contributed by atoms with van der Waals surface area (Å²) in [6.07, 6.45) is 1.50. The van der Waals surface area contributed by atoms with Crippen LogP contribution in [0.25, 0.3) is 0 Å². The minimum absolute atomic E-state index is 0.113. The van der Waals surface area contributed by atoms with Gasteiger partial charge in [0.25, 0.3) is 0 Å². The standard InChI is InChI=1S/C17H21BrN2O2/c1-17(2,3)22-16(21)20-10-4-5-14(20)9-7-12-6-8-13(18)11-15(12)19/h6,8,11,14H,4-5,10,19H2,1-3H3/t14-/m0/s1. The van der Waals surface area contributed by atoms with Crippen molar-refractivity contribution >= 4 is 27.7 Å². The van der Waals surface area contributed by atoms with E-state index in [1.807, 2.05) is 39.0 Å². The summed E-state index contributed by atoms with van der Waals surface area (Å²) >= 11 is 3.37. The van der Waals surface area contributed by atoms with Crippen LogP contribution in [0.5, 0.6) is 0 Å². The smallest absolute Gasteiger partial charge is 0.411 e. The van der Waals surface area contributed by atoms with Crippen LogP contribution in [0.15, 0.2) is 22.7 Å². The van der Waals surface area contributed by atoms with Crippen molar-refractivity contribution in [2.75, 3.05) is 12.3 Å². The SMILES string of the molecule is CC(C)(C)OC(=O)N1CCC[C@H]1C#Cc1ccc(Br)cc1N. The highest BCUT2D eigenvalue weighted by Gasteiger charge is 2.31. The van der Waals surface area contributed by atoms with Gasteiger partial charge in [-0.15, -0.1) is 0 Å². The van der Waals surface area contributed by atoms with Crippen LogP contribution < -0.4 is 5.73 Å². The number of halogens is 1. The average Bonchev–Trinajstić information content (AvgIpc) is 2.84. The number of amides is 1. The first-order valence-corrected chi connectivity index (χ1v) is 8.12. The number of nitrogen functional groups attached to an aromatic ring is 1. The zero-order chi connectivity index (χ0) is 16.3. The number of carbonyl (C=O) groups excluding carboxylic acids is 1. The number of ether oxygens (including phenoxy) is 1. The van der Waals surface area contributed by atoms with Gasteiger partial charge >= 0.3 is 6.09 Å². The van der Waals surface area contributed by atoms with Gasteiger partial charge in [-0.3, -0.25) is 4.90 Å². The molecule has 1 aromatic rings. The number of carbonyl (C=O) groups is 1. The van der Waals surface area contributed by atoms with Gasteiger partial charge in [0, 0.05) is 22.3 Å². The zero-order valence-electron chi connectivity index (χ0n) is 13.1. The molecular weight excluding hydrogens is 344 g/mol. The maximum atomic E-state index is 12.2. The largest absolute Gasteiger partial charge is 0.444 e. The Hall–Kier alpha value is -1.67. The number of likely N-dealkylation sites (tertiary alicyclic amines) is 1. The summed E-state index contributed by atoms with van der Waals surface area (Å²) in [5.41, 5.74) is 6.86. The molecule has 1 aliphatic rings. The lowest BCUT2D eigenvalue weighted by atomic mass is 10.1. The third kappa shape index (κ3) is 4.41. The van der Waals surface area contributed by atoms with Crippen molar-refractivity contribution in [1.29, 1.82) is 0 Å². The number of hydrogen-bond acceptors (Lipinski definition) is 3. The molecule has 4 nitrogen and oxygen atoms in total. The van der Waals surface area contributed by atoms with E-state index in [0.717, 1.165) is 22.9 Å². The second-order valence-corrected chi connectivity index (χ2v) is 7.25. The molecule has 1 aromatic carbocycles. The lowest BCUT2D eigenvalue weighted by molar-refractivity contribution is 0.0261. The van der Waals surface area contributed by atoms with E-state index in [2.05, 4.69) is 27.8 Å². The van der Waals surface area contributed by atoms with Crippen LogP contribution in [-0.4, -0.2) is 29.2 Å². The van der Waals surface area contributed by atoms with Crippen LogP contribution in [0.3, 0.4) is 0 Å². The Balaban J connectivity index is 2.12. The maximum absolute atomic E-state index is 12.2. The Morgan fingerprint density at radius 1 is 1.45 bits per heavy atom. The molecule has 5 heteroatoms. The Kier molecular flexibility index (Phi) is 5.02. The minimum Gasteiger partial charge on any atom is -0.444 e. The summed E-state index contributed by atoms with van der Waals surface area (Å²) in [4.78, 5) is 13.9. The molecule has 0 bridgehead atoms. The fourth-order valence-corrected chi connectivity index (χ4v) is 2.64. The van der Waals surface area contributed by atoms with E-state index in [0.29, 0.717) is 12.2 Å². The fraction of sp³-hybridized carbons (Fsp3) is 0.471. The van der Waals surface area contributed by atoms with Gasteiger partial charge in [-0.2, -0.15) is 0 Å². The molecule has 1 saturated heterocycles. The van der Waals surface area contributed by atoms with Gasteiger partial charge < -0.3 is 10.5 Å². The number of rotatable bonds is 0. The highest BCUT2D eigenvalue weighted by molar-refractivity contribution is 9.10. The molecule has 2 rings (SSSR count). The highest BCUT2D eigenvalue weighted by atomic mass is 79.9. The van der Waals surface area contributed by atoms with Crippen molar-refractivity contribution in [3.63, 3.8) is 0 Å². The average molecular weight is 365 g/mol. The first-order chi connectivity index (χ1) is 10.3. The van der Waals surface area contributed by atoms with Gasteiger partial charge in [0.1, 0.15) is 5.60 Å². The topological polar surface area (TPSA) is 55.6 Å². The Morgan fingerprint density at radius 2 is 2.18 bits per heavy atom. The second-order valence-electron chi connectivity index (χ2n) is 6.33. The summed E-state index contributed by atoms with van der Waals surface area (Å²) in [6.45, 7) is 6.28. The summed E-state index contributed by atoms with van der Waals surface area (Å²) in [7, 11) is 0. The highest BCUT2D eigenvalue weighted by Crippen LogP contribution is 2.21. The number of hydrogen-bond donors (Lipinski definition) is 1. The van der Waals surface area contributed by atoms with Crippen LogP contribution in [0.2, 0.25) is 0 Å². The molecular formula is C17H21BrN2O2. The van der Waals surface area contributed by atoms with Crippen LogP contribution in [0.1, 0.15) is 39.2 Å². The van der Waals surface area contributed by atoms with E-state index in [9.17, 15) is 4.79 Å². The predicted molar refractivity (Wildman–Crippen MR) is 91.4 cm³/mol. The predicted octanol–water partition coefficient (Wildman–Crippen LogP) is 3.78. The van der Waals surface area contributed by atoms with E-state index in [4.69, 9.17) is 10.5 Å². The maximum Gasteiger partial charge on any atom is 0.411 e. The second kappa shape index (κ2) is 6.62. The monoisotopic (exact) mass is 364 g/mol. The van der Waals surface area contributed by atoms with Gasteiger partial charge in [0.05, 0.1) is 6.04 Å². The number of nitrogens with two attached hydrogens (primary N) is 1. The van der Waals surface area contributed by atoms with Crippen molar-refractivity contribution in [3.05, 3.63) is 28.2 Å². The molecule has 1 amide bonds. The number of anilines is 1. The molecule has 0 aliphatic carbocycles. The molecule has 22 heavy (non-hydrogen) atoms. The summed E-state index contributed by atoms with van der Waals surface area (Å²) in [6, 6.07) is 5.49. The quantitative estimate of drug-likeness (QED) is 0.562. The lowest BCUT2D eigenvalue weighted by Crippen LogP contribution is -2.39. The Bertz CT molecular complexity index is 626. The first kappa shape index (κ1) is 16.7. The number of benzene rings is 1. The number of nitrogens with zero attached hydrogens (tertiary/aromatic N) is 1. The molecule has 0 aromatic heterocycles. The van der Waals surface area contributed by atoms with Gasteiger partial charge in [-0.25, -0.2) is 4.79 Å². The van der Waals surface area contributed by atoms with E-state index < -0.39 is 5.60 Å². The third-order valence-corrected chi connectivity index (χ3v) is 3.76. The van der Waals surface area contributed by atoms with Gasteiger partial charge in [0.2, 0.25) is 0 Å². The van der Waals surface area contributed by atoms with Crippen LogP contribution in [0, 0.1) is 11.8 Å². The molecule has 1 atom stereocenters. The zero-order valence-corrected chi connectivity index (χ0v) is 14.7. The van der Waals surface area contributed by atoms with Gasteiger partial charge in [0.15, 0.2) is 0 Å². The lowest BCUT2D eigenvalue weighted by Gasteiger charge is -2.26. The summed E-state index contributed by atoms with van der Waals surface area (Å²) in [5.74, 6) is 6.24. The first-order valence-electron chi connectivity index (χ1n) is 7.32. The van der Waals surface area contributed by atoms with E-state index in [-0.39, 0.29) is 12.1 Å². The summed E-state index contributed by atoms with van der Waals surface area (Å²) in [5, 5.41) is 0. The van der Waals surface area contributed by atoms with Gasteiger partial charge in [-0.05, 0) is 51.8 Å². The molecule has 1 heterocycles. The molecule has 0 saturated carbocycles. The van der Waals surface area contributed by atoms with Gasteiger partial charge in [-0.1, -0.05) is 27.8 Å². The Morgan fingerprint density at radius 3 is 2.82 bits per heavy atom. The van der Waals surface area contributed by atoms with Crippen molar-refractivity contribution in [2.24, 2.45) is 0 Å². The third-order valence-electron chi connectivity index (χ3n) is 3.27. The molecule has 1 fully saturated rings.